The van der Waals surface area contributed by atoms with Crippen LogP contribution in [0, 0.1) is 6.92 Å². The maximum atomic E-state index is 12.0. The number of carboxylic acid groups (broad SMARTS) is 1. The van der Waals surface area contributed by atoms with Crippen LogP contribution in [0.25, 0.3) is 6.08 Å². The molecule has 0 fully saturated rings. The highest BCUT2D eigenvalue weighted by Crippen LogP contribution is 2.07. The maximum absolute atomic E-state index is 12.0. The zero-order valence-electron chi connectivity index (χ0n) is 12.2. The van der Waals surface area contributed by atoms with Crippen LogP contribution in [0.3, 0.4) is 0 Å². The summed E-state index contributed by atoms with van der Waals surface area (Å²) in [5, 5.41) is 8.80. The Kier molecular flexibility index (Phi) is 5.97. The quantitative estimate of drug-likeness (QED) is 0.868. The van der Waals surface area contributed by atoms with Crippen LogP contribution in [0.1, 0.15) is 31.4 Å². The van der Waals surface area contributed by atoms with Crippen LogP contribution < -0.4 is 0 Å². The second kappa shape index (κ2) is 7.48. The standard InChI is InChI=1S/C16H21NO3/c1-12(2)17(11-16(19)20)15(18)6-4-5-14-9-7-13(3)8-10-14/h4-5,7-10,12H,6,11H2,1-3H3,(H,19,20)/b5-4+. The van der Waals surface area contributed by atoms with Crippen molar-refractivity contribution in [3.8, 4) is 0 Å². The third-order valence-corrected chi connectivity index (χ3v) is 2.93. The van der Waals surface area contributed by atoms with Gasteiger partial charge in [-0.3, -0.25) is 9.59 Å². The van der Waals surface area contributed by atoms with Gasteiger partial charge in [-0.25, -0.2) is 0 Å². The van der Waals surface area contributed by atoms with Crippen LogP contribution in [0.15, 0.2) is 30.3 Å². The van der Waals surface area contributed by atoms with E-state index in [9.17, 15) is 9.59 Å². The van der Waals surface area contributed by atoms with Crippen LogP contribution in [-0.2, 0) is 9.59 Å². The van der Waals surface area contributed by atoms with Crippen molar-refractivity contribution in [2.24, 2.45) is 0 Å². The molecular weight excluding hydrogens is 254 g/mol. The summed E-state index contributed by atoms with van der Waals surface area (Å²) in [4.78, 5) is 24.1. The van der Waals surface area contributed by atoms with Gasteiger partial charge in [0.1, 0.15) is 6.54 Å². The van der Waals surface area contributed by atoms with Gasteiger partial charge in [-0.2, -0.15) is 0 Å². The normalized spacial score (nSPS) is 11.0. The number of carbonyl (C=O) groups excluding carboxylic acids is 1. The molecule has 0 atom stereocenters. The van der Waals surface area contributed by atoms with Crippen molar-refractivity contribution in [3.05, 3.63) is 41.5 Å². The molecule has 0 aliphatic rings. The van der Waals surface area contributed by atoms with E-state index in [2.05, 4.69) is 0 Å². The summed E-state index contributed by atoms with van der Waals surface area (Å²) in [6, 6.07) is 7.85. The first-order chi connectivity index (χ1) is 9.40. The molecule has 1 amide bonds. The predicted molar refractivity (Wildman–Crippen MR) is 79.3 cm³/mol. The van der Waals surface area contributed by atoms with Gasteiger partial charge in [0.2, 0.25) is 5.91 Å². The molecule has 4 heteroatoms. The predicted octanol–water partition coefficient (Wildman–Crippen LogP) is 2.72. The second-order valence-corrected chi connectivity index (χ2v) is 5.03. The van der Waals surface area contributed by atoms with Crippen molar-refractivity contribution in [2.45, 2.75) is 33.2 Å². The molecule has 1 rings (SSSR count). The Hall–Kier alpha value is -2.10. The fourth-order valence-corrected chi connectivity index (χ4v) is 1.80. The molecule has 20 heavy (non-hydrogen) atoms. The van der Waals surface area contributed by atoms with Crippen LogP contribution >= 0.6 is 0 Å². The van der Waals surface area contributed by atoms with Gasteiger partial charge in [0.15, 0.2) is 0 Å². The lowest BCUT2D eigenvalue weighted by Gasteiger charge is -2.24. The minimum absolute atomic E-state index is 0.119. The Morgan fingerprint density at radius 1 is 1.25 bits per heavy atom. The Labute approximate surface area is 119 Å². The SMILES string of the molecule is Cc1ccc(/C=C/CC(=O)N(CC(=O)O)C(C)C)cc1. The van der Waals surface area contributed by atoms with E-state index >= 15 is 0 Å². The highest BCUT2D eigenvalue weighted by Gasteiger charge is 2.18. The fourth-order valence-electron chi connectivity index (χ4n) is 1.80. The van der Waals surface area contributed by atoms with E-state index in [4.69, 9.17) is 5.11 Å². The van der Waals surface area contributed by atoms with E-state index in [0.717, 1.165) is 5.56 Å². The lowest BCUT2D eigenvalue weighted by molar-refractivity contribution is -0.145. The first-order valence-corrected chi connectivity index (χ1v) is 6.64. The van der Waals surface area contributed by atoms with E-state index in [0.29, 0.717) is 0 Å². The van der Waals surface area contributed by atoms with Gasteiger partial charge >= 0.3 is 5.97 Å². The smallest absolute Gasteiger partial charge is 0.323 e. The van der Waals surface area contributed by atoms with Crippen LogP contribution in [0.4, 0.5) is 0 Å². The second-order valence-electron chi connectivity index (χ2n) is 5.03. The molecule has 0 saturated carbocycles. The van der Waals surface area contributed by atoms with E-state index in [1.165, 1.54) is 10.5 Å². The number of benzene rings is 1. The van der Waals surface area contributed by atoms with Crippen molar-refractivity contribution in [3.63, 3.8) is 0 Å². The van der Waals surface area contributed by atoms with Crippen molar-refractivity contribution < 1.29 is 14.7 Å². The molecule has 108 valence electrons. The van der Waals surface area contributed by atoms with Crippen LogP contribution in [-0.4, -0.2) is 34.5 Å². The molecule has 0 saturated heterocycles. The minimum atomic E-state index is -0.991. The zero-order chi connectivity index (χ0) is 15.1. The van der Waals surface area contributed by atoms with E-state index in [1.54, 1.807) is 6.08 Å². The Bertz CT molecular complexity index is 489. The molecule has 0 aromatic heterocycles. The molecule has 1 aromatic rings. The minimum Gasteiger partial charge on any atom is -0.480 e. The number of hydrogen-bond donors (Lipinski definition) is 1. The summed E-state index contributed by atoms with van der Waals surface area (Å²) in [5.74, 6) is -1.17. The summed E-state index contributed by atoms with van der Waals surface area (Å²) in [6.45, 7) is 5.38. The molecule has 0 unspecified atom stereocenters. The van der Waals surface area contributed by atoms with Gasteiger partial charge in [-0.15, -0.1) is 0 Å². The Balaban J connectivity index is 2.60. The number of aliphatic carboxylic acids is 1. The molecule has 0 spiro atoms. The summed E-state index contributed by atoms with van der Waals surface area (Å²) in [5.41, 5.74) is 2.21. The Morgan fingerprint density at radius 2 is 1.85 bits per heavy atom. The topological polar surface area (TPSA) is 57.6 Å². The lowest BCUT2D eigenvalue weighted by Crippen LogP contribution is -2.40. The first kappa shape index (κ1) is 16.0. The van der Waals surface area contributed by atoms with Gasteiger partial charge in [0, 0.05) is 12.5 Å². The van der Waals surface area contributed by atoms with Crippen molar-refractivity contribution in [1.29, 1.82) is 0 Å². The van der Waals surface area contributed by atoms with E-state index in [-0.39, 0.29) is 24.9 Å². The molecule has 1 N–H and O–H groups in total. The molecule has 1 aromatic carbocycles. The Morgan fingerprint density at radius 3 is 2.35 bits per heavy atom. The summed E-state index contributed by atoms with van der Waals surface area (Å²) in [7, 11) is 0. The summed E-state index contributed by atoms with van der Waals surface area (Å²) in [6.07, 6.45) is 3.85. The average molecular weight is 275 g/mol. The fraction of sp³-hybridized carbons (Fsp3) is 0.375. The number of aryl methyl sites for hydroxylation is 1. The number of amides is 1. The monoisotopic (exact) mass is 275 g/mol. The molecular formula is C16H21NO3. The van der Waals surface area contributed by atoms with Crippen molar-refractivity contribution >= 4 is 18.0 Å². The summed E-state index contributed by atoms with van der Waals surface area (Å²) >= 11 is 0. The van der Waals surface area contributed by atoms with Crippen LogP contribution in [0.2, 0.25) is 0 Å². The van der Waals surface area contributed by atoms with Gasteiger partial charge in [0.25, 0.3) is 0 Å². The maximum Gasteiger partial charge on any atom is 0.323 e. The average Bonchev–Trinajstić information content (AvgIpc) is 2.37. The highest BCUT2D eigenvalue weighted by molar-refractivity contribution is 5.83. The third kappa shape index (κ3) is 5.26. The molecule has 0 aliphatic heterocycles. The number of rotatable bonds is 6. The number of carbonyl (C=O) groups is 2. The summed E-state index contributed by atoms with van der Waals surface area (Å²) < 4.78 is 0. The number of nitrogens with zero attached hydrogens (tertiary/aromatic N) is 1. The largest absolute Gasteiger partial charge is 0.480 e. The molecule has 0 heterocycles. The van der Waals surface area contributed by atoms with Gasteiger partial charge in [-0.05, 0) is 26.3 Å². The van der Waals surface area contributed by atoms with Gasteiger partial charge in [0.05, 0.1) is 0 Å². The van der Waals surface area contributed by atoms with Crippen molar-refractivity contribution in [2.75, 3.05) is 6.54 Å². The lowest BCUT2D eigenvalue weighted by atomic mass is 10.1. The van der Waals surface area contributed by atoms with Crippen LogP contribution in [0.5, 0.6) is 0 Å². The molecule has 4 nitrogen and oxygen atoms in total. The van der Waals surface area contributed by atoms with E-state index in [1.807, 2.05) is 51.1 Å². The molecule has 0 aliphatic carbocycles. The van der Waals surface area contributed by atoms with Gasteiger partial charge in [-0.1, -0.05) is 42.0 Å². The molecule has 0 bridgehead atoms. The zero-order valence-corrected chi connectivity index (χ0v) is 12.2. The van der Waals surface area contributed by atoms with Crippen molar-refractivity contribution in [1.82, 2.24) is 4.90 Å². The molecule has 0 radical (unpaired) electrons. The third-order valence-electron chi connectivity index (χ3n) is 2.93. The highest BCUT2D eigenvalue weighted by atomic mass is 16.4. The number of hydrogen-bond acceptors (Lipinski definition) is 2. The first-order valence-electron chi connectivity index (χ1n) is 6.64. The van der Waals surface area contributed by atoms with E-state index < -0.39 is 5.97 Å². The van der Waals surface area contributed by atoms with Gasteiger partial charge < -0.3 is 10.0 Å². The number of carboxylic acids is 1.